The second-order valence-electron chi connectivity index (χ2n) is 5.63. The molecule has 11 heteroatoms. The molecule has 26 heavy (non-hydrogen) atoms. The van der Waals surface area contributed by atoms with Crippen molar-refractivity contribution in [2.24, 2.45) is 12.2 Å². The topological polar surface area (TPSA) is 76.7 Å². The zero-order chi connectivity index (χ0) is 19.3. The molecular weight excluding hydrogens is 398 g/mol. The van der Waals surface area contributed by atoms with Crippen LogP contribution in [0.25, 0.3) is 0 Å². The summed E-state index contributed by atoms with van der Waals surface area (Å²) in [6.45, 7) is 0. The highest BCUT2D eigenvalue weighted by Crippen LogP contribution is 2.49. The minimum Gasteiger partial charge on any atom is -0.477 e. The molecule has 1 N–H and O–H groups in total. The Morgan fingerprint density at radius 2 is 1.88 bits per heavy atom. The molecule has 138 valence electrons. The lowest BCUT2D eigenvalue weighted by molar-refractivity contribution is -0.275. The van der Waals surface area contributed by atoms with Crippen molar-refractivity contribution in [3.63, 3.8) is 0 Å². The van der Waals surface area contributed by atoms with Crippen LogP contribution in [0.2, 0.25) is 10.0 Å². The van der Waals surface area contributed by atoms with Crippen LogP contribution in [0.3, 0.4) is 0 Å². The molecule has 0 spiro atoms. The highest BCUT2D eigenvalue weighted by atomic mass is 35.5. The maximum absolute atomic E-state index is 13.9. The minimum atomic E-state index is -4.84. The molecule has 1 aromatic heterocycles. The molecule has 0 aliphatic carbocycles. The van der Waals surface area contributed by atoms with Crippen molar-refractivity contribution in [1.82, 2.24) is 9.78 Å². The van der Waals surface area contributed by atoms with Crippen LogP contribution in [0.4, 0.5) is 13.2 Å². The lowest BCUT2D eigenvalue weighted by Gasteiger charge is -2.29. The molecule has 0 saturated carbocycles. The molecule has 1 atom stereocenters. The summed E-state index contributed by atoms with van der Waals surface area (Å²) in [5.74, 6) is -1.27. The third-order valence-corrected chi connectivity index (χ3v) is 4.35. The van der Waals surface area contributed by atoms with Gasteiger partial charge in [-0.15, -0.1) is 0 Å². The predicted molar refractivity (Wildman–Crippen MR) is 86.6 cm³/mol. The van der Waals surface area contributed by atoms with Gasteiger partial charge in [-0.3, -0.25) is 4.68 Å². The van der Waals surface area contributed by atoms with Gasteiger partial charge in [0.05, 0.1) is 6.42 Å². The van der Waals surface area contributed by atoms with Crippen molar-refractivity contribution >= 4 is 34.9 Å². The Labute approximate surface area is 154 Å². The van der Waals surface area contributed by atoms with Crippen LogP contribution in [-0.4, -0.2) is 32.7 Å². The van der Waals surface area contributed by atoms with E-state index in [9.17, 15) is 18.0 Å². The second-order valence-corrected chi connectivity index (χ2v) is 6.51. The fraction of sp³-hybridized carbons (Fsp3) is 0.267. The summed E-state index contributed by atoms with van der Waals surface area (Å²) in [7, 11) is 1.36. The smallest absolute Gasteiger partial charge is 0.435 e. The van der Waals surface area contributed by atoms with Gasteiger partial charge in [-0.2, -0.15) is 18.3 Å². The second kappa shape index (κ2) is 6.17. The number of hydrogen-bond acceptors (Lipinski definition) is 4. The number of halogens is 5. The van der Waals surface area contributed by atoms with E-state index in [-0.39, 0.29) is 32.7 Å². The number of carbonyl (C=O) groups is 1. The van der Waals surface area contributed by atoms with Crippen LogP contribution in [-0.2, 0) is 17.5 Å². The van der Waals surface area contributed by atoms with Gasteiger partial charge in [0, 0.05) is 28.7 Å². The van der Waals surface area contributed by atoms with Gasteiger partial charge in [0.25, 0.3) is 5.60 Å². The van der Waals surface area contributed by atoms with Crippen LogP contribution >= 0.6 is 23.2 Å². The van der Waals surface area contributed by atoms with Gasteiger partial charge >= 0.3 is 12.1 Å². The zero-order valence-electron chi connectivity index (χ0n) is 13.0. The molecule has 0 fully saturated rings. The quantitative estimate of drug-likeness (QED) is 0.833. The number of hydrogen-bond donors (Lipinski definition) is 1. The summed E-state index contributed by atoms with van der Waals surface area (Å²) >= 11 is 11.7. The number of aromatic nitrogens is 2. The SMILES string of the molecule is Cn1nc(C2=NOC(c3cc(Cl)cc(Cl)c3)(C(F)(F)F)C2)cc1C(=O)O. The van der Waals surface area contributed by atoms with Crippen LogP contribution in [0.5, 0.6) is 0 Å². The van der Waals surface area contributed by atoms with Crippen LogP contribution in [0.1, 0.15) is 28.2 Å². The molecule has 3 rings (SSSR count). The van der Waals surface area contributed by atoms with Crippen molar-refractivity contribution in [2.45, 2.75) is 18.2 Å². The van der Waals surface area contributed by atoms with Gasteiger partial charge in [0.2, 0.25) is 0 Å². The number of nitrogens with zero attached hydrogens (tertiary/aromatic N) is 3. The fourth-order valence-corrected chi connectivity index (χ4v) is 3.16. The van der Waals surface area contributed by atoms with E-state index in [0.29, 0.717) is 0 Å². The predicted octanol–water partition coefficient (Wildman–Crippen LogP) is 4.01. The molecule has 6 nitrogen and oxygen atoms in total. The lowest BCUT2D eigenvalue weighted by Crippen LogP contribution is -2.42. The van der Waals surface area contributed by atoms with Crippen molar-refractivity contribution in [1.29, 1.82) is 0 Å². The standard InChI is InChI=1S/C15H10Cl2F3N3O3/c1-23-12(13(24)25)5-10(21-23)11-6-14(26-22-11,15(18,19)20)7-2-8(16)4-9(17)3-7/h2-5H,6H2,1H3,(H,24,25). The molecule has 1 aliphatic heterocycles. The Morgan fingerprint density at radius 1 is 1.27 bits per heavy atom. The van der Waals surface area contributed by atoms with E-state index in [1.807, 2.05) is 0 Å². The lowest BCUT2D eigenvalue weighted by atomic mass is 9.87. The first kappa shape index (κ1) is 18.5. The molecule has 1 aliphatic rings. The summed E-state index contributed by atoms with van der Waals surface area (Å²) in [6, 6.07) is 4.62. The maximum atomic E-state index is 13.9. The monoisotopic (exact) mass is 407 g/mol. The first-order valence-corrected chi connectivity index (χ1v) is 7.85. The van der Waals surface area contributed by atoms with Crippen molar-refractivity contribution in [2.75, 3.05) is 0 Å². The van der Waals surface area contributed by atoms with Gasteiger partial charge in [-0.25, -0.2) is 4.79 Å². The van der Waals surface area contributed by atoms with Gasteiger partial charge in [0.15, 0.2) is 0 Å². The summed E-state index contributed by atoms with van der Waals surface area (Å²) in [4.78, 5) is 15.9. The zero-order valence-corrected chi connectivity index (χ0v) is 14.5. The number of alkyl halides is 3. The Kier molecular flexibility index (Phi) is 4.40. The van der Waals surface area contributed by atoms with Gasteiger partial charge in [0.1, 0.15) is 17.1 Å². The third-order valence-electron chi connectivity index (χ3n) is 3.91. The van der Waals surface area contributed by atoms with E-state index in [1.54, 1.807) is 0 Å². The Balaban J connectivity index is 2.04. The highest BCUT2D eigenvalue weighted by molar-refractivity contribution is 6.34. The van der Waals surface area contributed by atoms with Crippen molar-refractivity contribution in [3.05, 3.63) is 51.3 Å². The van der Waals surface area contributed by atoms with Crippen LogP contribution in [0, 0.1) is 0 Å². The van der Waals surface area contributed by atoms with Crippen molar-refractivity contribution < 1.29 is 27.9 Å². The maximum Gasteiger partial charge on any atom is 0.435 e. The van der Waals surface area contributed by atoms with E-state index in [1.165, 1.54) is 13.1 Å². The first-order valence-electron chi connectivity index (χ1n) is 7.09. The van der Waals surface area contributed by atoms with Gasteiger partial charge in [-0.1, -0.05) is 28.4 Å². The van der Waals surface area contributed by atoms with E-state index < -0.39 is 24.2 Å². The van der Waals surface area contributed by atoms with Gasteiger partial charge < -0.3 is 9.94 Å². The highest BCUT2D eigenvalue weighted by Gasteiger charge is 2.62. The number of aryl methyl sites for hydroxylation is 1. The molecule has 2 aromatic rings. The van der Waals surface area contributed by atoms with Crippen LogP contribution < -0.4 is 0 Å². The Bertz CT molecular complexity index is 906. The molecular formula is C15H10Cl2F3N3O3. The summed E-state index contributed by atoms with van der Waals surface area (Å²) in [6.07, 6.45) is -5.54. The van der Waals surface area contributed by atoms with Crippen molar-refractivity contribution in [3.8, 4) is 0 Å². The van der Waals surface area contributed by atoms with Crippen LogP contribution in [0.15, 0.2) is 29.4 Å². The average molecular weight is 408 g/mol. The summed E-state index contributed by atoms with van der Waals surface area (Å²) in [5, 5.41) is 16.5. The van der Waals surface area contributed by atoms with Gasteiger partial charge in [-0.05, 0) is 18.2 Å². The number of oxime groups is 1. The number of aromatic carboxylic acids is 1. The molecule has 0 bridgehead atoms. The molecule has 2 heterocycles. The molecule has 0 saturated heterocycles. The largest absolute Gasteiger partial charge is 0.477 e. The minimum absolute atomic E-state index is 0.0131. The number of benzene rings is 1. The average Bonchev–Trinajstić information content (AvgIpc) is 3.10. The number of rotatable bonds is 3. The Morgan fingerprint density at radius 3 is 2.38 bits per heavy atom. The normalized spacial score (nSPS) is 20.0. The van der Waals surface area contributed by atoms with E-state index in [4.69, 9.17) is 33.1 Å². The van der Waals surface area contributed by atoms with E-state index in [2.05, 4.69) is 10.3 Å². The first-order chi connectivity index (χ1) is 12.0. The number of carboxylic acid groups (broad SMARTS) is 1. The van der Waals surface area contributed by atoms with E-state index >= 15 is 0 Å². The van der Waals surface area contributed by atoms with E-state index in [0.717, 1.165) is 22.9 Å². The molecule has 1 aromatic carbocycles. The third kappa shape index (κ3) is 3.01. The molecule has 1 unspecified atom stereocenters. The number of carboxylic acids is 1. The summed E-state index contributed by atoms with van der Waals surface area (Å²) < 4.78 is 42.6. The fourth-order valence-electron chi connectivity index (χ4n) is 2.64. The molecule has 0 amide bonds. The summed E-state index contributed by atoms with van der Waals surface area (Å²) in [5.41, 5.74) is -3.46. The molecule has 0 radical (unpaired) electrons. The Hall–Kier alpha value is -2.26.